The van der Waals surface area contributed by atoms with Gasteiger partial charge in [0.05, 0.1) is 23.1 Å². The van der Waals surface area contributed by atoms with E-state index in [9.17, 15) is 13.6 Å². The Balaban J connectivity index is 1.55. The first-order valence-electron chi connectivity index (χ1n) is 9.43. The zero-order valence-corrected chi connectivity index (χ0v) is 18.0. The van der Waals surface area contributed by atoms with Gasteiger partial charge in [-0.15, -0.1) is 11.3 Å². The number of benzene rings is 2. The highest BCUT2D eigenvalue weighted by Gasteiger charge is 2.21. The minimum atomic E-state index is -0.596. The van der Waals surface area contributed by atoms with Crippen LogP contribution < -0.4 is 5.56 Å². The molecule has 0 saturated carbocycles. The van der Waals surface area contributed by atoms with Gasteiger partial charge in [-0.3, -0.25) is 9.36 Å². The zero-order chi connectivity index (χ0) is 22.4. The molecule has 6 nitrogen and oxygen atoms in total. The normalized spacial score (nSPS) is 11.4. The van der Waals surface area contributed by atoms with Crippen molar-refractivity contribution in [3.63, 3.8) is 0 Å². The largest absolute Gasteiger partial charge is 0.333 e. The summed E-state index contributed by atoms with van der Waals surface area (Å²) in [5, 5.41) is 4.98. The van der Waals surface area contributed by atoms with Crippen LogP contribution in [0.2, 0.25) is 5.02 Å². The third-order valence-corrected chi connectivity index (χ3v) is 6.43. The lowest BCUT2D eigenvalue weighted by Gasteiger charge is -2.07. The van der Waals surface area contributed by atoms with Crippen molar-refractivity contribution in [2.75, 3.05) is 0 Å². The SMILES string of the molecule is Cc1c(-c2nc(-c3ccc(Cl)cc3)no2)sc2ncn(Cc3cc(F)ccc3F)c(=O)c12. The van der Waals surface area contributed by atoms with Crippen molar-refractivity contribution < 1.29 is 13.3 Å². The number of hydrogen-bond acceptors (Lipinski definition) is 6. The standard InChI is InChI=1S/C22H13ClF2N4O2S/c1-11-17-21(26-10-29(22(17)30)9-13-8-15(24)6-7-16(13)25)32-18(11)20-27-19(28-31-20)12-2-4-14(23)5-3-12/h2-8,10H,9H2,1H3. The highest BCUT2D eigenvalue weighted by molar-refractivity contribution is 7.22. The minimum Gasteiger partial charge on any atom is -0.333 e. The molecule has 0 aliphatic rings. The number of aryl methyl sites for hydroxylation is 1. The minimum absolute atomic E-state index is 0.0610. The topological polar surface area (TPSA) is 73.8 Å². The van der Waals surface area contributed by atoms with E-state index in [0.717, 1.165) is 23.8 Å². The van der Waals surface area contributed by atoms with Gasteiger partial charge in [0.2, 0.25) is 5.82 Å². The quantitative estimate of drug-likeness (QED) is 0.348. The number of rotatable bonds is 4. The first-order chi connectivity index (χ1) is 15.4. The molecule has 0 saturated heterocycles. The van der Waals surface area contributed by atoms with Crippen molar-refractivity contribution in [3.8, 4) is 22.2 Å². The maximum Gasteiger partial charge on any atom is 0.268 e. The average molecular weight is 471 g/mol. The monoisotopic (exact) mass is 470 g/mol. The van der Waals surface area contributed by atoms with Crippen LogP contribution >= 0.6 is 22.9 Å². The smallest absolute Gasteiger partial charge is 0.268 e. The Morgan fingerprint density at radius 2 is 1.94 bits per heavy atom. The van der Waals surface area contributed by atoms with Crippen LogP contribution in [0.25, 0.3) is 32.4 Å². The molecule has 3 aromatic heterocycles. The number of nitrogens with zero attached hydrogens (tertiary/aromatic N) is 4. The second-order valence-corrected chi connectivity index (χ2v) is 8.52. The van der Waals surface area contributed by atoms with Gasteiger partial charge >= 0.3 is 0 Å². The van der Waals surface area contributed by atoms with E-state index in [1.807, 2.05) is 0 Å². The van der Waals surface area contributed by atoms with Crippen molar-refractivity contribution >= 4 is 33.2 Å². The molecular formula is C22H13ClF2N4O2S. The van der Waals surface area contributed by atoms with Crippen LogP contribution in [0.5, 0.6) is 0 Å². The van der Waals surface area contributed by atoms with Crippen LogP contribution in [0.1, 0.15) is 11.1 Å². The molecule has 160 valence electrons. The molecule has 5 rings (SSSR count). The Hall–Kier alpha value is -3.43. The van der Waals surface area contributed by atoms with E-state index in [4.69, 9.17) is 16.1 Å². The predicted octanol–water partition coefficient (Wildman–Crippen LogP) is 5.46. The summed E-state index contributed by atoms with van der Waals surface area (Å²) in [7, 11) is 0. The molecule has 2 aromatic carbocycles. The molecule has 32 heavy (non-hydrogen) atoms. The molecule has 0 amide bonds. The molecule has 0 spiro atoms. The van der Waals surface area contributed by atoms with Crippen LogP contribution in [0.3, 0.4) is 0 Å². The molecule has 0 radical (unpaired) electrons. The maximum absolute atomic E-state index is 14.0. The molecule has 5 aromatic rings. The molecule has 10 heteroatoms. The fraction of sp³-hybridized carbons (Fsp3) is 0.0909. The van der Waals surface area contributed by atoms with Gasteiger partial charge in [-0.2, -0.15) is 4.98 Å². The Morgan fingerprint density at radius 3 is 2.72 bits per heavy atom. The Kier molecular flexibility index (Phi) is 5.07. The lowest BCUT2D eigenvalue weighted by atomic mass is 10.2. The Bertz CT molecular complexity index is 1530. The van der Waals surface area contributed by atoms with Gasteiger partial charge < -0.3 is 4.52 Å². The van der Waals surface area contributed by atoms with Gasteiger partial charge in [0.25, 0.3) is 11.4 Å². The van der Waals surface area contributed by atoms with Gasteiger partial charge in [0, 0.05) is 16.1 Å². The number of thiophene rings is 1. The van der Waals surface area contributed by atoms with Crippen molar-refractivity contribution in [1.29, 1.82) is 0 Å². The molecule has 0 fully saturated rings. The average Bonchev–Trinajstić information content (AvgIpc) is 3.38. The van der Waals surface area contributed by atoms with E-state index in [2.05, 4.69) is 15.1 Å². The summed E-state index contributed by atoms with van der Waals surface area (Å²) in [6.45, 7) is 1.62. The van der Waals surface area contributed by atoms with E-state index in [0.29, 0.717) is 31.5 Å². The highest BCUT2D eigenvalue weighted by atomic mass is 35.5. The van der Waals surface area contributed by atoms with Crippen molar-refractivity contribution in [2.45, 2.75) is 13.5 Å². The molecule has 0 aliphatic heterocycles. The fourth-order valence-corrected chi connectivity index (χ4v) is 4.54. The number of fused-ring (bicyclic) bond motifs is 1. The summed E-state index contributed by atoms with van der Waals surface area (Å²) in [6, 6.07) is 10.1. The lowest BCUT2D eigenvalue weighted by molar-refractivity contribution is 0.433. The fourth-order valence-electron chi connectivity index (χ4n) is 3.36. The maximum atomic E-state index is 14.0. The molecule has 0 N–H and O–H groups in total. The molecular weight excluding hydrogens is 458 g/mol. The van der Waals surface area contributed by atoms with Crippen LogP contribution in [0.15, 0.2) is 58.1 Å². The summed E-state index contributed by atoms with van der Waals surface area (Å²) >= 11 is 7.17. The van der Waals surface area contributed by atoms with Crippen molar-refractivity contribution in [1.82, 2.24) is 19.7 Å². The highest BCUT2D eigenvalue weighted by Crippen LogP contribution is 2.35. The summed E-state index contributed by atoms with van der Waals surface area (Å²) in [6.07, 6.45) is 1.32. The van der Waals surface area contributed by atoms with E-state index < -0.39 is 11.6 Å². The van der Waals surface area contributed by atoms with Gasteiger partial charge in [0.15, 0.2) is 0 Å². The molecule has 0 aliphatic carbocycles. The van der Waals surface area contributed by atoms with Crippen LogP contribution in [0, 0.1) is 18.6 Å². The third kappa shape index (κ3) is 3.59. The summed E-state index contributed by atoms with van der Waals surface area (Å²) in [4.78, 5) is 23.0. The second kappa shape index (κ2) is 7.92. The zero-order valence-electron chi connectivity index (χ0n) is 16.5. The van der Waals surface area contributed by atoms with E-state index in [1.165, 1.54) is 22.2 Å². The number of aromatic nitrogens is 4. The van der Waals surface area contributed by atoms with Crippen LogP contribution in [0.4, 0.5) is 8.78 Å². The van der Waals surface area contributed by atoms with Gasteiger partial charge in [-0.05, 0) is 55.0 Å². The predicted molar refractivity (Wildman–Crippen MR) is 118 cm³/mol. The summed E-state index contributed by atoms with van der Waals surface area (Å²) in [5.41, 5.74) is 1.06. The number of hydrogen-bond donors (Lipinski definition) is 0. The second-order valence-electron chi connectivity index (χ2n) is 7.08. The molecule has 0 atom stereocenters. The molecule has 3 heterocycles. The first kappa shape index (κ1) is 20.5. The summed E-state index contributed by atoms with van der Waals surface area (Å²) < 4.78 is 34.2. The first-order valence-corrected chi connectivity index (χ1v) is 10.6. The van der Waals surface area contributed by atoms with Crippen molar-refractivity contribution in [3.05, 3.63) is 86.9 Å². The Labute approximate surface area is 188 Å². The molecule has 0 unspecified atom stereocenters. The van der Waals surface area contributed by atoms with Crippen LogP contribution in [-0.2, 0) is 6.54 Å². The Morgan fingerprint density at radius 1 is 1.16 bits per heavy atom. The lowest BCUT2D eigenvalue weighted by Crippen LogP contribution is -2.21. The van der Waals surface area contributed by atoms with Crippen molar-refractivity contribution in [2.24, 2.45) is 0 Å². The van der Waals surface area contributed by atoms with Gasteiger partial charge in [0.1, 0.15) is 16.5 Å². The number of halogens is 3. The van der Waals surface area contributed by atoms with E-state index >= 15 is 0 Å². The third-order valence-electron chi connectivity index (χ3n) is 4.99. The van der Waals surface area contributed by atoms with E-state index in [1.54, 1.807) is 31.2 Å². The van der Waals surface area contributed by atoms with Gasteiger partial charge in [-0.25, -0.2) is 13.8 Å². The van der Waals surface area contributed by atoms with Gasteiger partial charge in [-0.1, -0.05) is 16.8 Å². The van der Waals surface area contributed by atoms with Crippen LogP contribution in [-0.4, -0.2) is 19.7 Å². The molecule has 0 bridgehead atoms. The van der Waals surface area contributed by atoms with E-state index in [-0.39, 0.29) is 23.6 Å². The summed E-state index contributed by atoms with van der Waals surface area (Å²) in [5.74, 6) is -0.523.